The van der Waals surface area contributed by atoms with Crippen molar-refractivity contribution in [2.75, 3.05) is 42.2 Å². The van der Waals surface area contributed by atoms with E-state index in [1.54, 1.807) is 0 Å². The molecule has 23 heavy (non-hydrogen) atoms. The number of nitrogen functional groups attached to an aromatic ring is 1. The van der Waals surface area contributed by atoms with Crippen LogP contribution in [0.5, 0.6) is 0 Å². The van der Waals surface area contributed by atoms with E-state index in [1.807, 2.05) is 4.90 Å². The molecular formula is C15H23N5O3. The minimum Gasteiger partial charge on any atom is -0.481 e. The highest BCUT2D eigenvalue weighted by Gasteiger charge is 2.26. The van der Waals surface area contributed by atoms with Crippen LogP contribution in [-0.4, -0.2) is 53.4 Å². The summed E-state index contributed by atoms with van der Waals surface area (Å²) in [6.45, 7) is 2.78. The van der Waals surface area contributed by atoms with Crippen molar-refractivity contribution in [2.24, 2.45) is 5.92 Å². The van der Waals surface area contributed by atoms with Gasteiger partial charge >= 0.3 is 5.97 Å². The first kappa shape index (κ1) is 15.8. The highest BCUT2D eigenvalue weighted by molar-refractivity contribution is 5.75. The monoisotopic (exact) mass is 321 g/mol. The number of nitrogens with two attached hydrogens (primary N) is 1. The van der Waals surface area contributed by atoms with E-state index in [0.29, 0.717) is 49.8 Å². The molecule has 2 aliphatic heterocycles. The average molecular weight is 321 g/mol. The summed E-state index contributed by atoms with van der Waals surface area (Å²) in [4.78, 5) is 21.6. The zero-order valence-electron chi connectivity index (χ0n) is 13.1. The molecule has 126 valence electrons. The maximum Gasteiger partial charge on any atom is 0.306 e. The van der Waals surface area contributed by atoms with Crippen molar-refractivity contribution in [2.45, 2.75) is 31.8 Å². The number of ether oxygens (including phenoxy) is 1. The summed E-state index contributed by atoms with van der Waals surface area (Å²) < 4.78 is 5.58. The molecule has 0 saturated carbocycles. The quantitative estimate of drug-likeness (QED) is 0.734. The molecule has 2 fully saturated rings. The number of nitrogens with zero attached hydrogens (tertiary/aromatic N) is 3. The number of nitrogens with one attached hydrogen (secondary N) is 1. The van der Waals surface area contributed by atoms with Gasteiger partial charge in [0.25, 0.3) is 0 Å². The number of aliphatic carboxylic acids is 1. The fourth-order valence-electron chi connectivity index (χ4n) is 3.13. The van der Waals surface area contributed by atoms with Crippen molar-refractivity contribution in [3.8, 4) is 0 Å². The molecule has 1 unspecified atom stereocenters. The summed E-state index contributed by atoms with van der Waals surface area (Å²) in [6.07, 6.45) is 5.06. The lowest BCUT2D eigenvalue weighted by Crippen LogP contribution is -2.37. The standard InChI is InChI=1S/C15H23N5O3/c16-12-13(17-8-11-2-1-7-23-11)18-9-19-14(12)20-5-3-10(4-6-20)15(21)22/h9-11H,1-8,16H2,(H,21,22)(H,17,18,19). The van der Waals surface area contributed by atoms with Gasteiger partial charge in [-0.1, -0.05) is 0 Å². The molecule has 2 saturated heterocycles. The van der Waals surface area contributed by atoms with Crippen molar-refractivity contribution in [1.82, 2.24) is 9.97 Å². The summed E-state index contributed by atoms with van der Waals surface area (Å²) in [5, 5.41) is 12.3. The summed E-state index contributed by atoms with van der Waals surface area (Å²) in [5.74, 6) is 0.301. The molecule has 1 atom stereocenters. The summed E-state index contributed by atoms with van der Waals surface area (Å²) >= 11 is 0. The minimum absolute atomic E-state index is 0.208. The van der Waals surface area contributed by atoms with E-state index in [-0.39, 0.29) is 12.0 Å². The van der Waals surface area contributed by atoms with Crippen LogP contribution in [-0.2, 0) is 9.53 Å². The molecule has 2 aliphatic rings. The molecule has 3 heterocycles. The number of hydrogen-bond acceptors (Lipinski definition) is 7. The predicted molar refractivity (Wildman–Crippen MR) is 86.5 cm³/mol. The van der Waals surface area contributed by atoms with Crippen molar-refractivity contribution < 1.29 is 14.6 Å². The van der Waals surface area contributed by atoms with Gasteiger partial charge in [0, 0.05) is 26.2 Å². The van der Waals surface area contributed by atoms with Gasteiger partial charge in [-0.05, 0) is 25.7 Å². The van der Waals surface area contributed by atoms with E-state index in [2.05, 4.69) is 15.3 Å². The second kappa shape index (κ2) is 6.99. The second-order valence-corrected chi connectivity index (χ2v) is 6.08. The maximum absolute atomic E-state index is 11.0. The normalized spacial score (nSPS) is 22.3. The van der Waals surface area contributed by atoms with E-state index in [4.69, 9.17) is 15.6 Å². The molecule has 0 radical (unpaired) electrons. The third-order valence-corrected chi connectivity index (χ3v) is 4.53. The summed E-state index contributed by atoms with van der Waals surface area (Å²) in [5.41, 5.74) is 6.72. The lowest BCUT2D eigenvalue weighted by molar-refractivity contribution is -0.142. The van der Waals surface area contributed by atoms with Crippen LogP contribution in [0.4, 0.5) is 17.3 Å². The van der Waals surface area contributed by atoms with E-state index < -0.39 is 5.97 Å². The fraction of sp³-hybridized carbons (Fsp3) is 0.667. The molecule has 0 aromatic carbocycles. The van der Waals surface area contributed by atoms with Crippen LogP contribution in [0.1, 0.15) is 25.7 Å². The third kappa shape index (κ3) is 3.64. The second-order valence-electron chi connectivity index (χ2n) is 6.08. The highest BCUT2D eigenvalue weighted by atomic mass is 16.5. The Bertz CT molecular complexity index is 554. The van der Waals surface area contributed by atoms with Gasteiger partial charge in [-0.25, -0.2) is 9.97 Å². The summed E-state index contributed by atoms with van der Waals surface area (Å²) in [7, 11) is 0. The van der Waals surface area contributed by atoms with Crippen LogP contribution in [0.15, 0.2) is 6.33 Å². The Morgan fingerprint density at radius 2 is 2.17 bits per heavy atom. The largest absolute Gasteiger partial charge is 0.481 e. The van der Waals surface area contributed by atoms with Gasteiger partial charge in [0.1, 0.15) is 12.0 Å². The Labute approximate surface area is 135 Å². The Morgan fingerprint density at radius 1 is 1.39 bits per heavy atom. The molecular weight excluding hydrogens is 298 g/mol. The van der Waals surface area contributed by atoms with Crippen molar-refractivity contribution in [1.29, 1.82) is 0 Å². The Kier molecular flexibility index (Phi) is 4.80. The number of aromatic nitrogens is 2. The van der Waals surface area contributed by atoms with Crippen molar-refractivity contribution in [3.63, 3.8) is 0 Å². The molecule has 3 rings (SSSR count). The van der Waals surface area contributed by atoms with Crippen LogP contribution in [0.3, 0.4) is 0 Å². The average Bonchev–Trinajstić information content (AvgIpc) is 3.07. The first-order chi connectivity index (χ1) is 11.1. The molecule has 1 aromatic heterocycles. The number of carboxylic acids is 1. The van der Waals surface area contributed by atoms with Crippen LogP contribution in [0.25, 0.3) is 0 Å². The molecule has 0 amide bonds. The van der Waals surface area contributed by atoms with Crippen LogP contribution >= 0.6 is 0 Å². The molecule has 0 aliphatic carbocycles. The van der Waals surface area contributed by atoms with E-state index in [9.17, 15) is 4.79 Å². The zero-order valence-corrected chi connectivity index (χ0v) is 13.1. The number of carbonyl (C=O) groups is 1. The zero-order chi connectivity index (χ0) is 16.2. The van der Waals surface area contributed by atoms with Gasteiger partial charge in [0.05, 0.1) is 12.0 Å². The fourth-order valence-corrected chi connectivity index (χ4v) is 3.13. The van der Waals surface area contributed by atoms with Crippen LogP contribution in [0, 0.1) is 5.92 Å². The molecule has 1 aromatic rings. The molecule has 0 spiro atoms. The lowest BCUT2D eigenvalue weighted by Gasteiger charge is -2.31. The van der Waals surface area contributed by atoms with Crippen molar-refractivity contribution in [3.05, 3.63) is 6.33 Å². The third-order valence-electron chi connectivity index (χ3n) is 4.53. The van der Waals surface area contributed by atoms with Gasteiger partial charge in [-0.2, -0.15) is 0 Å². The Balaban J connectivity index is 1.63. The van der Waals surface area contributed by atoms with Crippen molar-refractivity contribution >= 4 is 23.3 Å². The number of rotatable bonds is 5. The first-order valence-corrected chi connectivity index (χ1v) is 8.09. The smallest absolute Gasteiger partial charge is 0.306 e. The topological polar surface area (TPSA) is 114 Å². The Morgan fingerprint density at radius 3 is 2.83 bits per heavy atom. The number of hydrogen-bond donors (Lipinski definition) is 3. The lowest BCUT2D eigenvalue weighted by atomic mass is 9.97. The van der Waals surface area contributed by atoms with Gasteiger partial charge in [-0.15, -0.1) is 0 Å². The minimum atomic E-state index is -0.723. The van der Waals surface area contributed by atoms with E-state index in [1.165, 1.54) is 6.33 Å². The van der Waals surface area contributed by atoms with E-state index in [0.717, 1.165) is 19.4 Å². The van der Waals surface area contributed by atoms with E-state index >= 15 is 0 Å². The van der Waals surface area contributed by atoms with Gasteiger partial charge in [0.15, 0.2) is 11.6 Å². The SMILES string of the molecule is Nc1c(NCC2CCCO2)ncnc1N1CCC(C(=O)O)CC1. The Hall–Kier alpha value is -2.09. The number of anilines is 3. The molecule has 0 bridgehead atoms. The number of piperidine rings is 1. The summed E-state index contributed by atoms with van der Waals surface area (Å²) in [6, 6.07) is 0. The van der Waals surface area contributed by atoms with Gasteiger partial charge in [0.2, 0.25) is 0 Å². The first-order valence-electron chi connectivity index (χ1n) is 8.09. The van der Waals surface area contributed by atoms with Gasteiger partial charge in [-0.3, -0.25) is 4.79 Å². The number of carboxylic acid groups (broad SMARTS) is 1. The molecule has 4 N–H and O–H groups in total. The molecule has 8 nitrogen and oxygen atoms in total. The van der Waals surface area contributed by atoms with Gasteiger partial charge < -0.3 is 25.8 Å². The van der Waals surface area contributed by atoms with Crippen LogP contribution in [0.2, 0.25) is 0 Å². The highest BCUT2D eigenvalue weighted by Crippen LogP contribution is 2.30. The predicted octanol–water partition coefficient (Wildman–Crippen LogP) is 0.951. The van der Waals surface area contributed by atoms with Crippen LogP contribution < -0.4 is 16.0 Å². The molecule has 8 heteroatoms. The maximum atomic E-state index is 11.0.